The molecule has 0 aliphatic carbocycles. The van der Waals surface area contributed by atoms with E-state index in [1.165, 1.54) is 18.2 Å². The van der Waals surface area contributed by atoms with Gasteiger partial charge in [0.1, 0.15) is 5.82 Å². The van der Waals surface area contributed by atoms with Crippen molar-refractivity contribution in [2.75, 3.05) is 13.2 Å². The van der Waals surface area contributed by atoms with E-state index < -0.39 is 5.82 Å². The van der Waals surface area contributed by atoms with E-state index in [-0.39, 0.29) is 16.4 Å². The monoisotopic (exact) mass is 269 g/mol. The van der Waals surface area contributed by atoms with Gasteiger partial charge in [-0.2, -0.15) is 0 Å². The Kier molecular flexibility index (Phi) is 3.92. The van der Waals surface area contributed by atoms with E-state index in [0.717, 1.165) is 19.4 Å². The summed E-state index contributed by atoms with van der Waals surface area (Å²) in [5.74, 6) is -0.664. The smallest absolute Gasteiger partial charge is 0.251 e. The van der Waals surface area contributed by atoms with Gasteiger partial charge in [-0.25, -0.2) is 4.39 Å². The number of nitrogens with one attached hydrogen (secondary N) is 1. The molecule has 1 fully saturated rings. The molecule has 0 bridgehead atoms. The summed E-state index contributed by atoms with van der Waals surface area (Å²) < 4.78 is 18.6. The Morgan fingerprint density at radius 2 is 2.39 bits per heavy atom. The molecular formula is C13H16FNO2S. The summed E-state index contributed by atoms with van der Waals surface area (Å²) in [5, 5.41) is 2.81. The van der Waals surface area contributed by atoms with Gasteiger partial charge in [0.15, 0.2) is 0 Å². The first-order valence-electron chi connectivity index (χ1n) is 5.91. The summed E-state index contributed by atoms with van der Waals surface area (Å²) in [6, 6.07) is 4.11. The van der Waals surface area contributed by atoms with Crippen molar-refractivity contribution < 1.29 is 13.9 Å². The van der Waals surface area contributed by atoms with Gasteiger partial charge in [-0.05, 0) is 38.0 Å². The SMILES string of the molecule is CC1(CNC(=O)c2ccc(F)c(S)c2)CCCO1. The van der Waals surface area contributed by atoms with Gasteiger partial charge in [0.25, 0.3) is 5.91 Å². The Hall–Kier alpha value is -1.07. The maximum absolute atomic E-state index is 13.0. The van der Waals surface area contributed by atoms with Crippen molar-refractivity contribution in [3.05, 3.63) is 29.6 Å². The number of benzene rings is 1. The molecule has 1 atom stereocenters. The molecule has 1 saturated heterocycles. The molecule has 98 valence electrons. The molecular weight excluding hydrogens is 253 g/mol. The van der Waals surface area contributed by atoms with Crippen LogP contribution < -0.4 is 5.32 Å². The van der Waals surface area contributed by atoms with Crippen LogP contribution in [0.25, 0.3) is 0 Å². The maximum atomic E-state index is 13.0. The van der Waals surface area contributed by atoms with Crippen LogP contribution >= 0.6 is 12.6 Å². The van der Waals surface area contributed by atoms with Gasteiger partial charge in [0.2, 0.25) is 0 Å². The zero-order valence-electron chi connectivity index (χ0n) is 10.2. The van der Waals surface area contributed by atoms with E-state index in [4.69, 9.17) is 4.74 Å². The normalized spacial score (nSPS) is 23.1. The Morgan fingerprint density at radius 3 is 3.00 bits per heavy atom. The van der Waals surface area contributed by atoms with Crippen molar-refractivity contribution in [3.63, 3.8) is 0 Å². The second-order valence-corrected chi connectivity index (χ2v) is 5.23. The van der Waals surface area contributed by atoms with E-state index in [1.54, 1.807) is 0 Å². The minimum Gasteiger partial charge on any atom is -0.373 e. The molecule has 0 aromatic heterocycles. The van der Waals surface area contributed by atoms with Crippen LogP contribution in [0.2, 0.25) is 0 Å². The predicted molar refractivity (Wildman–Crippen MR) is 69.6 cm³/mol. The summed E-state index contributed by atoms with van der Waals surface area (Å²) in [5.41, 5.74) is 0.127. The van der Waals surface area contributed by atoms with Gasteiger partial charge in [-0.15, -0.1) is 12.6 Å². The van der Waals surface area contributed by atoms with Crippen LogP contribution in [0.15, 0.2) is 23.1 Å². The highest BCUT2D eigenvalue weighted by Crippen LogP contribution is 2.24. The first-order chi connectivity index (χ1) is 8.50. The number of ether oxygens (including phenoxy) is 1. The minimum absolute atomic E-state index is 0.172. The third kappa shape index (κ3) is 3.03. The fourth-order valence-corrected chi connectivity index (χ4v) is 2.21. The average molecular weight is 269 g/mol. The van der Waals surface area contributed by atoms with Gasteiger partial charge < -0.3 is 10.1 Å². The van der Waals surface area contributed by atoms with Crippen LogP contribution in [0, 0.1) is 5.82 Å². The van der Waals surface area contributed by atoms with Crippen molar-refractivity contribution >= 4 is 18.5 Å². The lowest BCUT2D eigenvalue weighted by Gasteiger charge is -2.23. The molecule has 0 spiro atoms. The molecule has 1 aromatic rings. The fourth-order valence-electron chi connectivity index (χ4n) is 2.00. The molecule has 1 heterocycles. The van der Waals surface area contributed by atoms with Crippen molar-refractivity contribution in [1.29, 1.82) is 0 Å². The lowest BCUT2D eigenvalue weighted by atomic mass is 10.0. The van der Waals surface area contributed by atoms with E-state index in [0.29, 0.717) is 12.1 Å². The molecule has 1 aromatic carbocycles. The molecule has 1 aliphatic heterocycles. The van der Waals surface area contributed by atoms with Crippen molar-refractivity contribution in [2.24, 2.45) is 0 Å². The molecule has 1 aliphatic rings. The van der Waals surface area contributed by atoms with Gasteiger partial charge in [0, 0.05) is 23.6 Å². The van der Waals surface area contributed by atoms with Gasteiger partial charge in [-0.1, -0.05) is 0 Å². The maximum Gasteiger partial charge on any atom is 0.251 e. The average Bonchev–Trinajstić information content (AvgIpc) is 2.77. The zero-order valence-corrected chi connectivity index (χ0v) is 11.1. The van der Waals surface area contributed by atoms with Crippen molar-refractivity contribution in [2.45, 2.75) is 30.3 Å². The van der Waals surface area contributed by atoms with Gasteiger partial charge in [-0.3, -0.25) is 4.79 Å². The molecule has 1 unspecified atom stereocenters. The third-order valence-electron chi connectivity index (χ3n) is 3.13. The van der Waals surface area contributed by atoms with E-state index in [1.807, 2.05) is 6.92 Å². The molecule has 0 saturated carbocycles. The number of amides is 1. The zero-order chi connectivity index (χ0) is 13.2. The van der Waals surface area contributed by atoms with Gasteiger partial charge >= 0.3 is 0 Å². The van der Waals surface area contributed by atoms with Crippen LogP contribution in [0.1, 0.15) is 30.1 Å². The highest BCUT2D eigenvalue weighted by molar-refractivity contribution is 7.80. The van der Waals surface area contributed by atoms with Crippen LogP contribution in [0.4, 0.5) is 4.39 Å². The van der Waals surface area contributed by atoms with E-state index in [2.05, 4.69) is 17.9 Å². The van der Waals surface area contributed by atoms with Crippen molar-refractivity contribution in [1.82, 2.24) is 5.32 Å². The number of hydrogen-bond donors (Lipinski definition) is 2. The lowest BCUT2D eigenvalue weighted by molar-refractivity contribution is 0.0206. The topological polar surface area (TPSA) is 38.3 Å². The second kappa shape index (κ2) is 5.28. The summed E-state index contributed by atoms with van der Waals surface area (Å²) in [6.45, 7) is 3.18. The molecule has 5 heteroatoms. The fraction of sp³-hybridized carbons (Fsp3) is 0.462. The summed E-state index contributed by atoms with van der Waals surface area (Å²) in [7, 11) is 0. The quantitative estimate of drug-likeness (QED) is 0.827. The molecule has 1 amide bonds. The van der Waals surface area contributed by atoms with Crippen LogP contribution in [0.5, 0.6) is 0 Å². The van der Waals surface area contributed by atoms with Crippen LogP contribution in [0.3, 0.4) is 0 Å². The second-order valence-electron chi connectivity index (χ2n) is 4.75. The molecule has 18 heavy (non-hydrogen) atoms. The van der Waals surface area contributed by atoms with Crippen molar-refractivity contribution in [3.8, 4) is 0 Å². The van der Waals surface area contributed by atoms with E-state index >= 15 is 0 Å². The predicted octanol–water partition coefficient (Wildman–Crippen LogP) is 2.41. The standard InChI is InChI=1S/C13H16FNO2S/c1-13(5-2-6-17-13)8-15-12(16)9-3-4-10(14)11(18)7-9/h3-4,7,18H,2,5-6,8H2,1H3,(H,15,16). The van der Waals surface area contributed by atoms with Crippen LogP contribution in [-0.4, -0.2) is 24.7 Å². The van der Waals surface area contributed by atoms with Crippen LogP contribution in [-0.2, 0) is 4.74 Å². The largest absolute Gasteiger partial charge is 0.373 e. The molecule has 3 nitrogen and oxygen atoms in total. The number of rotatable bonds is 3. The molecule has 1 N–H and O–H groups in total. The number of thiol groups is 1. The lowest BCUT2D eigenvalue weighted by Crippen LogP contribution is -2.40. The molecule has 2 rings (SSSR count). The summed E-state index contributed by atoms with van der Waals surface area (Å²) in [6.07, 6.45) is 1.96. The number of hydrogen-bond acceptors (Lipinski definition) is 3. The summed E-state index contributed by atoms with van der Waals surface area (Å²) >= 11 is 3.95. The minimum atomic E-state index is -0.430. The van der Waals surface area contributed by atoms with Gasteiger partial charge in [0.05, 0.1) is 5.60 Å². The molecule has 0 radical (unpaired) electrons. The number of halogens is 1. The Bertz CT molecular complexity index is 458. The Morgan fingerprint density at radius 1 is 1.61 bits per heavy atom. The highest BCUT2D eigenvalue weighted by atomic mass is 32.1. The number of carbonyl (C=O) groups excluding carboxylic acids is 1. The Labute approximate surface area is 111 Å². The highest BCUT2D eigenvalue weighted by Gasteiger charge is 2.30. The first kappa shape index (κ1) is 13.4. The Balaban J connectivity index is 1.97. The summed E-state index contributed by atoms with van der Waals surface area (Å²) in [4.78, 5) is 12.1. The van der Waals surface area contributed by atoms with E-state index in [9.17, 15) is 9.18 Å². The number of carbonyl (C=O) groups is 1. The first-order valence-corrected chi connectivity index (χ1v) is 6.36. The third-order valence-corrected chi connectivity index (χ3v) is 3.47.